The van der Waals surface area contributed by atoms with Gasteiger partial charge in [0.1, 0.15) is 5.65 Å². The highest BCUT2D eigenvalue weighted by Crippen LogP contribution is 2.44. The second kappa shape index (κ2) is 7.47. The molecule has 1 saturated heterocycles. The molecule has 4 aromatic rings. The molecule has 33 heavy (non-hydrogen) atoms. The number of aromatic amines is 1. The molecule has 0 atom stereocenters. The molecule has 0 bridgehead atoms. The molecule has 5 heterocycles. The molecule has 6 rings (SSSR count). The Morgan fingerprint density at radius 2 is 2.06 bits per heavy atom. The lowest BCUT2D eigenvalue weighted by Crippen LogP contribution is -2.53. The van der Waals surface area contributed by atoms with Crippen molar-refractivity contribution in [3.05, 3.63) is 36.8 Å². The van der Waals surface area contributed by atoms with E-state index >= 15 is 0 Å². The first kappa shape index (κ1) is 20.0. The first-order valence-electron chi connectivity index (χ1n) is 11.5. The van der Waals surface area contributed by atoms with Gasteiger partial charge in [-0.3, -0.25) is 4.79 Å². The van der Waals surface area contributed by atoms with Crippen LogP contribution in [0.5, 0.6) is 5.88 Å². The van der Waals surface area contributed by atoms with E-state index in [1.165, 1.54) is 0 Å². The van der Waals surface area contributed by atoms with Crippen molar-refractivity contribution in [3.63, 3.8) is 0 Å². The Balaban J connectivity index is 1.24. The smallest absolute Gasteiger partial charge is 0.228 e. The van der Waals surface area contributed by atoms with Crippen LogP contribution in [0.3, 0.4) is 0 Å². The Bertz CT molecular complexity index is 1350. The standard InChI is InChI=1S/C24H27N7O2/c1-24(22(32)30-8-3-4-9-30)12-16(13-24)27-23-28-20-19(21(29-23)33-2)18(14-25-20)15-6-10-31-17(11-15)5-7-26-31/h5-7,10-11,14,16H,3-4,8-9,12-13H2,1-2H3,(H2,25,27,28,29)/t16-,24-. The van der Waals surface area contributed by atoms with E-state index in [0.717, 1.165) is 60.8 Å². The Labute approximate surface area is 191 Å². The minimum absolute atomic E-state index is 0.169. The molecule has 0 radical (unpaired) electrons. The predicted molar refractivity (Wildman–Crippen MR) is 125 cm³/mol. The molecule has 2 fully saturated rings. The van der Waals surface area contributed by atoms with E-state index in [2.05, 4.69) is 33.4 Å². The van der Waals surface area contributed by atoms with Crippen molar-refractivity contribution in [3.8, 4) is 17.0 Å². The second-order valence-electron chi connectivity index (χ2n) is 9.41. The largest absolute Gasteiger partial charge is 0.480 e. The van der Waals surface area contributed by atoms with Crippen LogP contribution in [0, 0.1) is 5.41 Å². The second-order valence-corrected chi connectivity index (χ2v) is 9.41. The molecule has 1 saturated carbocycles. The lowest BCUT2D eigenvalue weighted by atomic mass is 9.66. The third kappa shape index (κ3) is 3.30. The average Bonchev–Trinajstić information content (AvgIpc) is 3.56. The van der Waals surface area contributed by atoms with E-state index in [1.54, 1.807) is 13.3 Å². The fourth-order valence-corrected chi connectivity index (χ4v) is 5.32. The summed E-state index contributed by atoms with van der Waals surface area (Å²) >= 11 is 0. The molecule has 0 unspecified atom stereocenters. The molecule has 2 aliphatic rings. The fraction of sp³-hybridized carbons (Fsp3) is 0.417. The number of nitrogens with zero attached hydrogens (tertiary/aromatic N) is 5. The number of aromatic nitrogens is 5. The van der Waals surface area contributed by atoms with Crippen LogP contribution in [0.1, 0.15) is 32.6 Å². The maximum absolute atomic E-state index is 12.9. The number of rotatable bonds is 5. The molecule has 1 aliphatic heterocycles. The van der Waals surface area contributed by atoms with Crippen molar-refractivity contribution in [2.24, 2.45) is 5.41 Å². The van der Waals surface area contributed by atoms with Crippen LogP contribution in [0.25, 0.3) is 27.7 Å². The number of hydrogen-bond acceptors (Lipinski definition) is 6. The molecular weight excluding hydrogens is 418 g/mol. The van der Waals surface area contributed by atoms with Crippen molar-refractivity contribution in [2.45, 2.75) is 38.6 Å². The summed E-state index contributed by atoms with van der Waals surface area (Å²) in [4.78, 5) is 27.5. The zero-order valence-electron chi connectivity index (χ0n) is 18.8. The number of anilines is 1. The van der Waals surface area contributed by atoms with Crippen LogP contribution in [0.4, 0.5) is 5.95 Å². The van der Waals surface area contributed by atoms with E-state index in [4.69, 9.17) is 9.72 Å². The number of fused-ring (bicyclic) bond motifs is 2. The van der Waals surface area contributed by atoms with Crippen LogP contribution >= 0.6 is 0 Å². The number of H-pyrrole nitrogens is 1. The molecule has 1 aliphatic carbocycles. The summed E-state index contributed by atoms with van der Waals surface area (Å²) in [5.74, 6) is 1.32. The molecule has 170 valence electrons. The number of hydrogen-bond donors (Lipinski definition) is 2. The number of ether oxygens (including phenoxy) is 1. The number of pyridine rings is 1. The lowest BCUT2D eigenvalue weighted by Gasteiger charge is -2.45. The highest BCUT2D eigenvalue weighted by Gasteiger charge is 2.48. The van der Waals surface area contributed by atoms with Gasteiger partial charge in [0.05, 0.1) is 23.4 Å². The quantitative estimate of drug-likeness (QED) is 0.488. The molecule has 2 N–H and O–H groups in total. The highest BCUT2D eigenvalue weighted by atomic mass is 16.5. The molecule has 9 nitrogen and oxygen atoms in total. The van der Waals surface area contributed by atoms with Crippen LogP contribution in [-0.4, -0.2) is 61.6 Å². The topological polar surface area (TPSA) is 100 Å². The third-order valence-corrected chi connectivity index (χ3v) is 7.04. The first-order chi connectivity index (χ1) is 16.0. The zero-order valence-corrected chi connectivity index (χ0v) is 18.8. The third-order valence-electron chi connectivity index (χ3n) is 7.04. The van der Waals surface area contributed by atoms with Gasteiger partial charge in [-0.2, -0.15) is 15.1 Å². The van der Waals surface area contributed by atoms with Gasteiger partial charge in [-0.05, 0) is 49.4 Å². The number of methoxy groups -OCH3 is 1. The van der Waals surface area contributed by atoms with Gasteiger partial charge < -0.3 is 19.9 Å². The van der Waals surface area contributed by atoms with Gasteiger partial charge >= 0.3 is 0 Å². The highest BCUT2D eigenvalue weighted by molar-refractivity contribution is 5.98. The Hall–Kier alpha value is -3.62. The van der Waals surface area contributed by atoms with Crippen LogP contribution in [0.2, 0.25) is 0 Å². The normalized spacial score (nSPS) is 22.6. The van der Waals surface area contributed by atoms with Crippen LogP contribution < -0.4 is 10.1 Å². The molecule has 9 heteroatoms. The summed E-state index contributed by atoms with van der Waals surface area (Å²) in [5, 5.41) is 8.51. The fourth-order valence-electron chi connectivity index (χ4n) is 5.32. The van der Waals surface area contributed by atoms with Crippen molar-refractivity contribution in [1.29, 1.82) is 0 Å². The van der Waals surface area contributed by atoms with Gasteiger partial charge in [-0.25, -0.2) is 4.52 Å². The molecule has 0 aromatic carbocycles. The number of nitrogens with one attached hydrogen (secondary N) is 2. The first-order valence-corrected chi connectivity index (χ1v) is 11.5. The number of likely N-dealkylation sites (tertiary alicyclic amines) is 1. The van der Waals surface area contributed by atoms with Crippen LogP contribution in [-0.2, 0) is 4.79 Å². The van der Waals surface area contributed by atoms with Gasteiger partial charge in [0.25, 0.3) is 0 Å². The molecule has 4 aromatic heterocycles. The minimum Gasteiger partial charge on any atom is -0.480 e. The summed E-state index contributed by atoms with van der Waals surface area (Å²) in [6, 6.07) is 6.23. The van der Waals surface area contributed by atoms with Gasteiger partial charge in [-0.15, -0.1) is 0 Å². The van der Waals surface area contributed by atoms with E-state index in [0.29, 0.717) is 17.5 Å². The maximum atomic E-state index is 12.9. The summed E-state index contributed by atoms with van der Waals surface area (Å²) in [5.41, 5.74) is 3.44. The van der Waals surface area contributed by atoms with E-state index in [1.807, 2.05) is 33.9 Å². The SMILES string of the molecule is COc1nc(N[C@H]2C[C@](C)(C(=O)N3CCCC3)C2)nc2[nH]cc(-c3ccn4nccc4c3)c12. The number of amides is 1. The summed E-state index contributed by atoms with van der Waals surface area (Å²) in [6.45, 7) is 3.87. The average molecular weight is 446 g/mol. The van der Waals surface area contributed by atoms with Gasteiger partial charge in [-0.1, -0.05) is 6.92 Å². The number of carbonyl (C=O) groups excluding carboxylic acids is 1. The van der Waals surface area contributed by atoms with Gasteiger partial charge in [0.2, 0.25) is 17.7 Å². The maximum Gasteiger partial charge on any atom is 0.228 e. The zero-order chi connectivity index (χ0) is 22.6. The van der Waals surface area contributed by atoms with Gasteiger partial charge in [0, 0.05) is 43.3 Å². The van der Waals surface area contributed by atoms with Gasteiger partial charge in [0.15, 0.2) is 0 Å². The van der Waals surface area contributed by atoms with E-state index < -0.39 is 0 Å². The van der Waals surface area contributed by atoms with E-state index in [-0.39, 0.29) is 17.4 Å². The van der Waals surface area contributed by atoms with Crippen molar-refractivity contribution in [1.82, 2.24) is 29.5 Å². The Kier molecular flexibility index (Phi) is 4.53. The summed E-state index contributed by atoms with van der Waals surface area (Å²) in [7, 11) is 1.62. The Morgan fingerprint density at radius 3 is 2.85 bits per heavy atom. The minimum atomic E-state index is -0.290. The summed E-state index contributed by atoms with van der Waals surface area (Å²) in [6.07, 6.45) is 9.45. The Morgan fingerprint density at radius 1 is 1.24 bits per heavy atom. The van der Waals surface area contributed by atoms with Crippen molar-refractivity contribution >= 4 is 28.4 Å². The molecule has 0 spiro atoms. The van der Waals surface area contributed by atoms with Crippen molar-refractivity contribution < 1.29 is 9.53 Å². The lowest BCUT2D eigenvalue weighted by molar-refractivity contribution is -0.145. The van der Waals surface area contributed by atoms with Crippen LogP contribution in [0.15, 0.2) is 36.8 Å². The van der Waals surface area contributed by atoms with Crippen molar-refractivity contribution in [2.75, 3.05) is 25.5 Å². The number of carbonyl (C=O) groups is 1. The predicted octanol–water partition coefficient (Wildman–Crippen LogP) is 3.48. The monoisotopic (exact) mass is 445 g/mol. The molecule has 1 amide bonds. The molecular formula is C24H27N7O2. The summed E-state index contributed by atoms with van der Waals surface area (Å²) < 4.78 is 7.48. The van der Waals surface area contributed by atoms with E-state index in [9.17, 15) is 4.79 Å².